The molecule has 0 aliphatic carbocycles. The maximum Gasteiger partial charge on any atom is 0.323 e. The van der Waals surface area contributed by atoms with Crippen LogP contribution in [0.15, 0.2) is 59.1 Å². The van der Waals surface area contributed by atoms with Gasteiger partial charge in [-0.1, -0.05) is 42.1 Å². The summed E-state index contributed by atoms with van der Waals surface area (Å²) in [6.45, 7) is 0.834. The third-order valence-electron chi connectivity index (χ3n) is 5.25. The molecule has 1 fully saturated rings. The second-order valence-corrected chi connectivity index (χ2v) is 10.9. The van der Waals surface area contributed by atoms with Gasteiger partial charge in [0, 0.05) is 18.0 Å². The number of nitrogens with zero attached hydrogens (tertiary/aromatic N) is 2. The van der Waals surface area contributed by atoms with Crippen LogP contribution in [0.5, 0.6) is 0 Å². The first-order chi connectivity index (χ1) is 15.3. The van der Waals surface area contributed by atoms with Gasteiger partial charge in [-0.3, -0.25) is 4.79 Å². The maximum atomic E-state index is 13.7. The van der Waals surface area contributed by atoms with Gasteiger partial charge in [-0.25, -0.2) is 17.8 Å². The quantitative estimate of drug-likeness (QED) is 0.482. The summed E-state index contributed by atoms with van der Waals surface area (Å²) in [5, 5.41) is 14.0. The molecular formula is C22H22FN3O4S2. The molecule has 7 nitrogen and oxygen atoms in total. The predicted octanol–water partition coefficient (Wildman–Crippen LogP) is 3.37. The molecule has 2 N–H and O–H groups in total. The fourth-order valence-corrected chi connectivity index (χ4v) is 7.05. The van der Waals surface area contributed by atoms with E-state index in [1.807, 2.05) is 30.3 Å². The highest BCUT2D eigenvalue weighted by Crippen LogP contribution is 2.37. The Morgan fingerprint density at radius 3 is 2.78 bits per heavy atom. The Balaban J connectivity index is 1.73. The monoisotopic (exact) mass is 475 g/mol. The van der Waals surface area contributed by atoms with Crippen LogP contribution in [0.25, 0.3) is 17.1 Å². The third kappa shape index (κ3) is 5.03. The van der Waals surface area contributed by atoms with E-state index < -0.39 is 32.8 Å². The van der Waals surface area contributed by atoms with E-state index in [-0.39, 0.29) is 16.6 Å². The molecule has 0 saturated carbocycles. The van der Waals surface area contributed by atoms with Crippen molar-refractivity contribution in [3.8, 4) is 0 Å². The fraction of sp³-hybridized carbons (Fsp3) is 0.273. The molecule has 168 valence electrons. The van der Waals surface area contributed by atoms with Crippen LogP contribution < -0.4 is 5.32 Å². The van der Waals surface area contributed by atoms with E-state index in [0.717, 1.165) is 17.3 Å². The SMILES string of the molecule is O=C(O)Cn1c(SC(C2CCNC2)S(=O)(=O)/C=C/c2ccccc2)nc2cc(F)ccc21. The summed E-state index contributed by atoms with van der Waals surface area (Å²) in [7, 11) is -3.73. The molecule has 2 heterocycles. The van der Waals surface area contributed by atoms with Crippen LogP contribution in [-0.4, -0.2) is 46.7 Å². The van der Waals surface area contributed by atoms with Crippen LogP contribution in [0.3, 0.4) is 0 Å². The van der Waals surface area contributed by atoms with E-state index in [9.17, 15) is 22.7 Å². The first-order valence-electron chi connectivity index (χ1n) is 10.1. The topological polar surface area (TPSA) is 101 Å². The van der Waals surface area contributed by atoms with Gasteiger partial charge in [-0.05, 0) is 42.7 Å². The molecule has 3 aromatic rings. The minimum Gasteiger partial charge on any atom is -0.480 e. The summed E-state index contributed by atoms with van der Waals surface area (Å²) in [6, 6.07) is 13.0. The molecule has 10 heteroatoms. The lowest BCUT2D eigenvalue weighted by Gasteiger charge is -2.21. The Morgan fingerprint density at radius 1 is 1.31 bits per heavy atom. The zero-order valence-electron chi connectivity index (χ0n) is 17.0. The van der Waals surface area contributed by atoms with Crippen LogP contribution in [0.4, 0.5) is 4.39 Å². The normalized spacial score (nSPS) is 17.8. The van der Waals surface area contributed by atoms with Crippen molar-refractivity contribution in [2.24, 2.45) is 5.92 Å². The number of hydrogen-bond donors (Lipinski definition) is 2. The number of carboxylic acid groups (broad SMARTS) is 1. The largest absolute Gasteiger partial charge is 0.480 e. The molecule has 0 radical (unpaired) electrons. The number of thioether (sulfide) groups is 1. The highest BCUT2D eigenvalue weighted by Gasteiger charge is 2.36. The van der Waals surface area contributed by atoms with Crippen LogP contribution in [0.1, 0.15) is 12.0 Å². The average Bonchev–Trinajstić information content (AvgIpc) is 3.39. The summed E-state index contributed by atoms with van der Waals surface area (Å²) < 4.78 is 41.0. The van der Waals surface area contributed by atoms with Gasteiger partial charge in [-0.2, -0.15) is 0 Å². The number of fused-ring (bicyclic) bond motifs is 1. The number of carboxylic acids is 1. The smallest absolute Gasteiger partial charge is 0.323 e. The molecule has 1 saturated heterocycles. The van der Waals surface area contributed by atoms with Crippen molar-refractivity contribution < 1.29 is 22.7 Å². The molecule has 1 aliphatic rings. The van der Waals surface area contributed by atoms with Crippen LogP contribution >= 0.6 is 11.8 Å². The molecule has 0 spiro atoms. The minimum absolute atomic E-state index is 0.180. The number of benzene rings is 2. The first-order valence-corrected chi connectivity index (χ1v) is 12.5. The van der Waals surface area contributed by atoms with Gasteiger partial charge in [0.05, 0.1) is 11.0 Å². The minimum atomic E-state index is -3.73. The fourth-order valence-electron chi connectivity index (χ4n) is 3.72. The Morgan fingerprint density at radius 2 is 2.09 bits per heavy atom. The molecule has 2 unspecified atom stereocenters. The van der Waals surface area contributed by atoms with Crippen molar-refractivity contribution in [3.63, 3.8) is 0 Å². The van der Waals surface area contributed by atoms with Gasteiger partial charge in [0.1, 0.15) is 16.9 Å². The second kappa shape index (κ2) is 9.43. The number of nitrogens with one attached hydrogen (secondary N) is 1. The number of aromatic nitrogens is 2. The summed E-state index contributed by atoms with van der Waals surface area (Å²) in [6.07, 6.45) is 2.23. The number of imidazole rings is 1. The van der Waals surface area contributed by atoms with Gasteiger partial charge in [0.2, 0.25) is 0 Å². The van der Waals surface area contributed by atoms with Crippen molar-refractivity contribution in [1.82, 2.24) is 14.9 Å². The van der Waals surface area contributed by atoms with Crippen LogP contribution in [0, 0.1) is 11.7 Å². The van der Waals surface area contributed by atoms with E-state index in [0.29, 0.717) is 25.0 Å². The summed E-state index contributed by atoms with van der Waals surface area (Å²) in [5.41, 5.74) is 1.49. The molecule has 1 aromatic heterocycles. The first kappa shape index (κ1) is 22.5. The molecule has 0 amide bonds. The Hall–Kier alpha value is -2.69. The van der Waals surface area contributed by atoms with Gasteiger partial charge in [-0.15, -0.1) is 0 Å². The lowest BCUT2D eigenvalue weighted by Crippen LogP contribution is -2.28. The molecule has 2 aromatic carbocycles. The van der Waals surface area contributed by atoms with E-state index in [4.69, 9.17) is 0 Å². The van der Waals surface area contributed by atoms with Crippen molar-refractivity contribution >= 4 is 44.7 Å². The lowest BCUT2D eigenvalue weighted by atomic mass is 10.1. The summed E-state index contributed by atoms with van der Waals surface area (Å²) in [5.74, 6) is -1.77. The predicted molar refractivity (Wildman–Crippen MR) is 122 cm³/mol. The third-order valence-corrected chi connectivity index (χ3v) is 9.03. The number of halogens is 1. The van der Waals surface area contributed by atoms with Gasteiger partial charge >= 0.3 is 5.97 Å². The van der Waals surface area contributed by atoms with E-state index >= 15 is 0 Å². The highest BCUT2D eigenvalue weighted by atomic mass is 32.3. The zero-order valence-corrected chi connectivity index (χ0v) is 18.7. The number of sulfone groups is 1. The number of hydrogen-bond acceptors (Lipinski definition) is 6. The van der Waals surface area contributed by atoms with Gasteiger partial charge in [0.15, 0.2) is 15.0 Å². The molecule has 0 bridgehead atoms. The van der Waals surface area contributed by atoms with Crippen molar-refractivity contribution in [1.29, 1.82) is 0 Å². The van der Waals surface area contributed by atoms with Crippen molar-refractivity contribution in [2.75, 3.05) is 13.1 Å². The average molecular weight is 476 g/mol. The highest BCUT2D eigenvalue weighted by molar-refractivity contribution is 8.14. The van der Waals surface area contributed by atoms with Gasteiger partial charge < -0.3 is 15.0 Å². The lowest BCUT2D eigenvalue weighted by molar-refractivity contribution is -0.137. The molecule has 1 aliphatic heterocycles. The summed E-state index contributed by atoms with van der Waals surface area (Å²) >= 11 is 1.02. The molecular weight excluding hydrogens is 453 g/mol. The summed E-state index contributed by atoms with van der Waals surface area (Å²) in [4.78, 5) is 15.8. The molecule has 32 heavy (non-hydrogen) atoms. The number of carbonyl (C=O) groups is 1. The van der Waals surface area contributed by atoms with Crippen molar-refractivity contribution in [3.05, 3.63) is 65.3 Å². The number of rotatable bonds is 8. The van der Waals surface area contributed by atoms with E-state index in [1.54, 1.807) is 6.08 Å². The number of aliphatic carboxylic acids is 1. The van der Waals surface area contributed by atoms with Crippen LogP contribution in [-0.2, 0) is 21.2 Å². The Labute approximate surface area is 189 Å². The zero-order chi connectivity index (χ0) is 22.7. The Bertz CT molecular complexity index is 1250. The maximum absolute atomic E-state index is 13.7. The van der Waals surface area contributed by atoms with Crippen LogP contribution in [0.2, 0.25) is 0 Å². The Kier molecular flexibility index (Phi) is 6.63. The van der Waals surface area contributed by atoms with E-state index in [2.05, 4.69) is 10.3 Å². The second-order valence-electron chi connectivity index (χ2n) is 7.55. The standard InChI is InChI=1S/C22H22FN3O4S2/c23-17-6-7-19-18(12-17)25-22(26(19)14-20(27)28)31-21(16-8-10-24-13-16)32(29,30)11-9-15-4-2-1-3-5-15/h1-7,9,11-12,16,21,24H,8,10,13-14H2,(H,27,28)/b11-9+. The van der Waals surface area contributed by atoms with E-state index in [1.165, 1.54) is 28.2 Å². The van der Waals surface area contributed by atoms with Gasteiger partial charge in [0.25, 0.3) is 0 Å². The molecule has 2 atom stereocenters. The van der Waals surface area contributed by atoms with Crippen molar-refractivity contribution in [2.45, 2.75) is 22.7 Å². The molecule has 4 rings (SSSR count).